The lowest BCUT2D eigenvalue weighted by Gasteiger charge is -2.12. The van der Waals surface area contributed by atoms with E-state index < -0.39 is 24.2 Å². The SMILES string of the molecule is O=C1OC(=O)c2c(Oc3cccc(Oc4cccc5c4C(O)OC5=O)c3)cccc21. The highest BCUT2D eigenvalue weighted by molar-refractivity contribution is 6.16. The van der Waals surface area contributed by atoms with Crippen molar-refractivity contribution in [1.82, 2.24) is 0 Å². The lowest BCUT2D eigenvalue weighted by Crippen LogP contribution is -1.99. The van der Waals surface area contributed by atoms with Crippen molar-refractivity contribution in [3.63, 3.8) is 0 Å². The molecule has 0 fully saturated rings. The number of fused-ring (bicyclic) bond motifs is 2. The summed E-state index contributed by atoms with van der Waals surface area (Å²) in [5.74, 6) is -0.970. The Morgan fingerprint density at radius 2 is 1.37 bits per heavy atom. The lowest BCUT2D eigenvalue weighted by atomic mass is 10.1. The zero-order valence-electron chi connectivity index (χ0n) is 15.2. The standard InChI is InChI=1S/C22H12O8/c23-19-13-6-2-8-15(17(13)21(25)29-19)27-11-4-1-5-12(10-11)28-16-9-3-7-14-18(16)22(26)30-20(14)24/h1-10,21,25H. The van der Waals surface area contributed by atoms with Gasteiger partial charge < -0.3 is 24.1 Å². The molecule has 3 aromatic rings. The normalized spacial score (nSPS) is 16.6. The molecule has 1 unspecified atom stereocenters. The van der Waals surface area contributed by atoms with E-state index >= 15 is 0 Å². The third-order valence-electron chi connectivity index (χ3n) is 4.65. The number of hydrogen-bond acceptors (Lipinski definition) is 8. The van der Waals surface area contributed by atoms with Crippen LogP contribution < -0.4 is 9.47 Å². The average molecular weight is 404 g/mol. The molecule has 8 nitrogen and oxygen atoms in total. The zero-order valence-corrected chi connectivity index (χ0v) is 15.2. The fourth-order valence-electron chi connectivity index (χ4n) is 3.33. The highest BCUT2D eigenvalue weighted by Crippen LogP contribution is 2.39. The molecule has 3 aromatic carbocycles. The second kappa shape index (κ2) is 6.71. The number of rotatable bonds is 4. The monoisotopic (exact) mass is 404 g/mol. The molecule has 8 heteroatoms. The molecule has 0 amide bonds. The molecule has 0 spiro atoms. The highest BCUT2D eigenvalue weighted by atomic mass is 16.6. The van der Waals surface area contributed by atoms with Gasteiger partial charge in [0.1, 0.15) is 28.6 Å². The first kappa shape index (κ1) is 17.9. The van der Waals surface area contributed by atoms with Gasteiger partial charge in [-0.05, 0) is 36.4 Å². The van der Waals surface area contributed by atoms with Crippen LogP contribution in [0.25, 0.3) is 0 Å². The minimum absolute atomic E-state index is 0.0634. The molecule has 0 saturated heterocycles. The van der Waals surface area contributed by atoms with Crippen LogP contribution in [0.5, 0.6) is 23.0 Å². The average Bonchev–Trinajstić information content (AvgIpc) is 3.19. The number of esters is 3. The number of cyclic esters (lactones) is 3. The first-order chi connectivity index (χ1) is 14.5. The molecule has 0 bridgehead atoms. The summed E-state index contributed by atoms with van der Waals surface area (Å²) in [7, 11) is 0. The van der Waals surface area contributed by atoms with E-state index in [1.54, 1.807) is 48.5 Å². The molecule has 2 aliphatic heterocycles. The van der Waals surface area contributed by atoms with Crippen LogP contribution in [-0.2, 0) is 9.47 Å². The van der Waals surface area contributed by atoms with Crippen LogP contribution in [0.4, 0.5) is 0 Å². The number of carbonyl (C=O) groups is 3. The highest BCUT2D eigenvalue weighted by Gasteiger charge is 2.34. The molecule has 0 aromatic heterocycles. The molecule has 2 heterocycles. The summed E-state index contributed by atoms with van der Waals surface area (Å²) in [6.07, 6.45) is -1.40. The number of carbonyl (C=O) groups excluding carboxylic acids is 3. The van der Waals surface area contributed by atoms with Crippen molar-refractivity contribution in [1.29, 1.82) is 0 Å². The van der Waals surface area contributed by atoms with Gasteiger partial charge in [0.25, 0.3) is 0 Å². The van der Waals surface area contributed by atoms with Crippen molar-refractivity contribution in [3.05, 3.63) is 82.9 Å². The van der Waals surface area contributed by atoms with Crippen LogP contribution in [0.1, 0.15) is 42.9 Å². The van der Waals surface area contributed by atoms with E-state index in [4.69, 9.17) is 14.2 Å². The van der Waals surface area contributed by atoms with Gasteiger partial charge in [-0.25, -0.2) is 14.4 Å². The Balaban J connectivity index is 1.45. The molecule has 0 saturated carbocycles. The van der Waals surface area contributed by atoms with Gasteiger partial charge in [-0.2, -0.15) is 0 Å². The number of benzene rings is 3. The van der Waals surface area contributed by atoms with E-state index in [9.17, 15) is 19.5 Å². The molecule has 148 valence electrons. The van der Waals surface area contributed by atoms with Crippen molar-refractivity contribution in [2.45, 2.75) is 6.29 Å². The van der Waals surface area contributed by atoms with Crippen LogP contribution in [-0.4, -0.2) is 23.0 Å². The van der Waals surface area contributed by atoms with E-state index in [1.165, 1.54) is 12.1 Å². The lowest BCUT2D eigenvalue weighted by molar-refractivity contribution is -0.0554. The van der Waals surface area contributed by atoms with Crippen LogP contribution in [0.3, 0.4) is 0 Å². The smallest absolute Gasteiger partial charge is 0.350 e. The first-order valence-electron chi connectivity index (χ1n) is 8.88. The van der Waals surface area contributed by atoms with E-state index in [1.807, 2.05) is 0 Å². The first-order valence-corrected chi connectivity index (χ1v) is 8.88. The fourth-order valence-corrected chi connectivity index (χ4v) is 3.33. The van der Waals surface area contributed by atoms with Crippen molar-refractivity contribution in [2.24, 2.45) is 0 Å². The van der Waals surface area contributed by atoms with Crippen LogP contribution in [0, 0.1) is 0 Å². The van der Waals surface area contributed by atoms with E-state index in [0.717, 1.165) is 0 Å². The summed E-state index contributed by atoms with van der Waals surface area (Å²) in [6.45, 7) is 0. The van der Waals surface area contributed by atoms with Crippen molar-refractivity contribution in [3.8, 4) is 23.0 Å². The largest absolute Gasteiger partial charge is 0.457 e. The van der Waals surface area contributed by atoms with Gasteiger partial charge in [0.2, 0.25) is 6.29 Å². The van der Waals surface area contributed by atoms with Crippen molar-refractivity contribution < 1.29 is 38.4 Å². The Morgan fingerprint density at radius 1 is 0.733 bits per heavy atom. The number of aliphatic hydroxyl groups is 1. The summed E-state index contributed by atoms with van der Waals surface area (Å²) in [5, 5.41) is 9.98. The van der Waals surface area contributed by atoms with Crippen LogP contribution in [0.15, 0.2) is 60.7 Å². The number of ether oxygens (including phenoxy) is 4. The molecular formula is C22H12O8. The van der Waals surface area contributed by atoms with Gasteiger partial charge in [-0.15, -0.1) is 0 Å². The molecule has 30 heavy (non-hydrogen) atoms. The summed E-state index contributed by atoms with van der Waals surface area (Å²) >= 11 is 0. The third-order valence-corrected chi connectivity index (χ3v) is 4.65. The maximum Gasteiger partial charge on any atom is 0.350 e. The molecule has 5 rings (SSSR count). The Labute approximate surface area is 169 Å². The number of hydrogen-bond donors (Lipinski definition) is 1. The van der Waals surface area contributed by atoms with Gasteiger partial charge in [0.05, 0.1) is 16.7 Å². The quantitative estimate of drug-likeness (QED) is 0.517. The molecule has 1 atom stereocenters. The van der Waals surface area contributed by atoms with E-state index in [2.05, 4.69) is 4.74 Å². The Bertz CT molecular complexity index is 1230. The Morgan fingerprint density at radius 3 is 2.13 bits per heavy atom. The molecule has 0 aliphatic carbocycles. The summed E-state index contributed by atoms with van der Waals surface area (Å²) in [6, 6.07) is 15.9. The Kier molecular flexibility index (Phi) is 4.00. The van der Waals surface area contributed by atoms with Crippen molar-refractivity contribution >= 4 is 17.9 Å². The molecule has 2 aliphatic rings. The van der Waals surface area contributed by atoms with Gasteiger partial charge >= 0.3 is 17.9 Å². The van der Waals surface area contributed by atoms with E-state index in [0.29, 0.717) is 11.5 Å². The van der Waals surface area contributed by atoms with Gasteiger partial charge in [-0.3, -0.25) is 0 Å². The second-order valence-corrected chi connectivity index (χ2v) is 6.51. The maximum absolute atomic E-state index is 11.9. The minimum atomic E-state index is -1.40. The Hall–Kier alpha value is -4.17. The topological polar surface area (TPSA) is 108 Å². The fraction of sp³-hybridized carbons (Fsp3) is 0.0455. The zero-order chi connectivity index (χ0) is 20.8. The minimum Gasteiger partial charge on any atom is -0.457 e. The summed E-state index contributed by atoms with van der Waals surface area (Å²) in [5.41, 5.74) is 0.684. The van der Waals surface area contributed by atoms with E-state index in [-0.39, 0.29) is 33.8 Å². The predicted molar refractivity (Wildman–Crippen MR) is 99.6 cm³/mol. The summed E-state index contributed by atoms with van der Waals surface area (Å²) in [4.78, 5) is 35.4. The van der Waals surface area contributed by atoms with Crippen molar-refractivity contribution in [2.75, 3.05) is 0 Å². The molecular weight excluding hydrogens is 392 g/mol. The van der Waals surface area contributed by atoms with Gasteiger partial charge in [-0.1, -0.05) is 18.2 Å². The second-order valence-electron chi connectivity index (χ2n) is 6.51. The summed E-state index contributed by atoms with van der Waals surface area (Å²) < 4.78 is 21.1. The maximum atomic E-state index is 11.9. The molecule has 1 N–H and O–H groups in total. The number of aliphatic hydroxyl groups excluding tert-OH is 1. The van der Waals surface area contributed by atoms with Gasteiger partial charge in [0, 0.05) is 6.07 Å². The third kappa shape index (κ3) is 2.87. The van der Waals surface area contributed by atoms with Crippen LogP contribution >= 0.6 is 0 Å². The van der Waals surface area contributed by atoms with Crippen LogP contribution in [0.2, 0.25) is 0 Å². The molecule has 0 radical (unpaired) electrons. The predicted octanol–water partition coefficient (Wildman–Crippen LogP) is 3.74. The van der Waals surface area contributed by atoms with Gasteiger partial charge in [0.15, 0.2) is 0 Å².